The van der Waals surface area contributed by atoms with Gasteiger partial charge in [-0.15, -0.1) is 4.31 Å². The molecule has 1 aromatic rings. The Hall–Kier alpha value is 0.220. The van der Waals surface area contributed by atoms with Crippen molar-refractivity contribution in [1.82, 2.24) is 4.31 Å². The van der Waals surface area contributed by atoms with Gasteiger partial charge >= 0.3 is 0 Å². The number of fused-ring (bicyclic) bond motifs is 1. The number of hydrogen-bond donors (Lipinski definition) is 0. The maximum Gasteiger partial charge on any atom is 0.137 e. The molecule has 0 radical (unpaired) electrons. The molecule has 0 saturated heterocycles. The maximum atomic E-state index is 12.5. The first-order valence-electron chi connectivity index (χ1n) is 5.78. The lowest BCUT2D eigenvalue weighted by molar-refractivity contribution is 0.356. The molecule has 0 spiro atoms. The predicted molar refractivity (Wildman–Crippen MR) is 81.0 cm³/mol. The Bertz CT molecular complexity index is 430. The van der Waals surface area contributed by atoms with Crippen LogP contribution in [0.4, 0.5) is 0 Å². The van der Waals surface area contributed by atoms with Gasteiger partial charge in [0.25, 0.3) is 0 Å². The highest BCUT2D eigenvalue weighted by molar-refractivity contribution is 14.1. The predicted octanol–water partition coefficient (Wildman–Crippen LogP) is 3.63. The van der Waals surface area contributed by atoms with E-state index < -0.39 is 11.4 Å². The third-order valence-electron chi connectivity index (χ3n) is 3.09. The van der Waals surface area contributed by atoms with Crippen LogP contribution in [0.2, 0.25) is 0 Å². The van der Waals surface area contributed by atoms with Crippen molar-refractivity contribution >= 4 is 34.0 Å². The number of benzene rings is 1. The van der Waals surface area contributed by atoms with Crippen molar-refractivity contribution in [2.24, 2.45) is 0 Å². The Morgan fingerprint density at radius 3 is 2.59 bits per heavy atom. The van der Waals surface area contributed by atoms with Crippen LogP contribution in [-0.4, -0.2) is 13.6 Å². The van der Waals surface area contributed by atoms with Crippen LogP contribution in [0.1, 0.15) is 44.9 Å². The fraction of sp³-hybridized carbons (Fsp3) is 0.538. The largest absolute Gasteiger partial charge is 0.597 e. The normalized spacial score (nSPS) is 22.6. The summed E-state index contributed by atoms with van der Waals surface area (Å²) in [4.78, 5) is 0. The number of halogens is 1. The number of nitrogens with zero attached hydrogens (tertiary/aromatic N) is 1. The monoisotopic (exact) mass is 363 g/mol. The third kappa shape index (κ3) is 2.50. The molecule has 0 bridgehead atoms. The van der Waals surface area contributed by atoms with Gasteiger partial charge in [0.15, 0.2) is 0 Å². The number of hydrogen-bond acceptors (Lipinski definition) is 2. The molecule has 0 N–H and O–H groups in total. The van der Waals surface area contributed by atoms with Gasteiger partial charge in [-0.2, -0.15) is 0 Å². The minimum absolute atomic E-state index is 0.193. The van der Waals surface area contributed by atoms with E-state index in [0.29, 0.717) is 0 Å². The Morgan fingerprint density at radius 2 is 2.06 bits per heavy atom. The molecule has 2 nitrogen and oxygen atoms in total. The van der Waals surface area contributed by atoms with Crippen molar-refractivity contribution in [1.29, 1.82) is 0 Å². The number of rotatable bonds is 1. The average molecular weight is 363 g/mol. The van der Waals surface area contributed by atoms with Crippen molar-refractivity contribution in [3.63, 3.8) is 0 Å². The molecule has 0 unspecified atom stereocenters. The van der Waals surface area contributed by atoms with Gasteiger partial charge in [0, 0.05) is 14.9 Å². The van der Waals surface area contributed by atoms with Crippen molar-refractivity contribution in [3.05, 3.63) is 32.9 Å². The first-order valence-corrected chi connectivity index (χ1v) is 7.97. The molecule has 0 aromatic heterocycles. The van der Waals surface area contributed by atoms with Crippen LogP contribution in [-0.2, 0) is 17.9 Å². The van der Waals surface area contributed by atoms with Gasteiger partial charge in [-0.25, -0.2) is 0 Å². The highest BCUT2D eigenvalue weighted by Crippen LogP contribution is 2.40. The lowest BCUT2D eigenvalue weighted by atomic mass is 10.1. The summed E-state index contributed by atoms with van der Waals surface area (Å²) in [5.41, 5.74) is 2.67. The van der Waals surface area contributed by atoms with Gasteiger partial charge < -0.3 is 4.55 Å². The Kier molecular flexibility index (Phi) is 3.79. The molecule has 94 valence electrons. The standard InChI is InChI=1S/C13H18INOS/c1-9-10-6-5-7-12(14)11(10)8-15(9)17(16)13(2,3)4/h5-7,9H,8H2,1-4H3/t9-,17-/m0/s1. The first-order chi connectivity index (χ1) is 7.82. The molecular formula is C13H18INOS. The quantitative estimate of drug-likeness (QED) is 0.563. The van der Waals surface area contributed by atoms with Crippen LogP contribution in [0.3, 0.4) is 0 Å². The van der Waals surface area contributed by atoms with Crippen molar-refractivity contribution in [2.45, 2.75) is 45.0 Å². The molecule has 2 rings (SSSR count). The van der Waals surface area contributed by atoms with Gasteiger partial charge in [0.1, 0.15) is 4.75 Å². The fourth-order valence-electron chi connectivity index (χ4n) is 2.14. The van der Waals surface area contributed by atoms with Crippen LogP contribution in [0.15, 0.2) is 18.2 Å². The van der Waals surface area contributed by atoms with E-state index in [0.717, 1.165) is 6.54 Å². The van der Waals surface area contributed by atoms with Crippen LogP contribution in [0.25, 0.3) is 0 Å². The summed E-state index contributed by atoms with van der Waals surface area (Å²) in [6.45, 7) is 9.04. The molecule has 1 heterocycles. The molecule has 2 atom stereocenters. The summed E-state index contributed by atoms with van der Waals surface area (Å²) in [6.07, 6.45) is 0. The second-order valence-electron chi connectivity index (χ2n) is 5.42. The molecule has 1 aliphatic heterocycles. The molecule has 4 heteroatoms. The smallest absolute Gasteiger partial charge is 0.137 e. The van der Waals surface area contributed by atoms with Gasteiger partial charge in [0.05, 0.1) is 12.6 Å². The molecule has 0 aliphatic carbocycles. The molecule has 0 saturated carbocycles. The second kappa shape index (κ2) is 4.72. The minimum atomic E-state index is -0.947. The molecule has 1 aromatic carbocycles. The Morgan fingerprint density at radius 1 is 1.41 bits per heavy atom. The average Bonchev–Trinajstić information content (AvgIpc) is 2.56. The maximum absolute atomic E-state index is 12.5. The van der Waals surface area contributed by atoms with E-state index in [1.165, 1.54) is 14.7 Å². The molecule has 17 heavy (non-hydrogen) atoms. The highest BCUT2D eigenvalue weighted by atomic mass is 127. The van der Waals surface area contributed by atoms with E-state index in [1.807, 2.05) is 20.8 Å². The van der Waals surface area contributed by atoms with E-state index in [2.05, 4.69) is 52.0 Å². The molecular weight excluding hydrogens is 345 g/mol. The fourth-order valence-corrected chi connectivity index (χ4v) is 4.18. The van der Waals surface area contributed by atoms with E-state index in [4.69, 9.17) is 0 Å². The van der Waals surface area contributed by atoms with Crippen molar-refractivity contribution < 1.29 is 4.55 Å². The summed E-state index contributed by atoms with van der Waals surface area (Å²) in [6, 6.07) is 6.61. The lowest BCUT2D eigenvalue weighted by Crippen LogP contribution is -2.41. The Balaban J connectivity index is 2.32. The van der Waals surface area contributed by atoms with Gasteiger partial charge in [-0.3, -0.25) is 0 Å². The summed E-state index contributed by atoms with van der Waals surface area (Å²) in [5.74, 6) is 0. The zero-order chi connectivity index (χ0) is 12.8. The minimum Gasteiger partial charge on any atom is -0.597 e. The summed E-state index contributed by atoms with van der Waals surface area (Å²) in [5, 5.41) is 0. The van der Waals surface area contributed by atoms with Crippen LogP contribution in [0.5, 0.6) is 0 Å². The van der Waals surface area contributed by atoms with E-state index >= 15 is 0 Å². The second-order valence-corrected chi connectivity index (χ2v) is 8.77. The lowest BCUT2D eigenvalue weighted by Gasteiger charge is -2.32. The molecule has 1 aliphatic rings. The zero-order valence-corrected chi connectivity index (χ0v) is 13.6. The Labute approximate surface area is 120 Å². The molecule has 0 amide bonds. The van der Waals surface area contributed by atoms with E-state index in [1.54, 1.807) is 0 Å². The topological polar surface area (TPSA) is 26.3 Å². The zero-order valence-electron chi connectivity index (χ0n) is 10.7. The van der Waals surface area contributed by atoms with Crippen LogP contribution >= 0.6 is 22.6 Å². The van der Waals surface area contributed by atoms with Crippen molar-refractivity contribution in [2.75, 3.05) is 0 Å². The summed E-state index contributed by atoms with van der Waals surface area (Å²) < 4.78 is 15.7. The van der Waals surface area contributed by atoms with Gasteiger partial charge in [-0.05, 0) is 67.5 Å². The van der Waals surface area contributed by atoms with Gasteiger partial charge in [0.2, 0.25) is 0 Å². The summed E-state index contributed by atoms with van der Waals surface area (Å²) >= 11 is 1.42. The van der Waals surface area contributed by atoms with Crippen LogP contribution < -0.4 is 0 Å². The SMILES string of the molecule is C[C@H]1c2cccc(I)c2CN1[S@@+]([O-])C(C)(C)C. The summed E-state index contributed by atoms with van der Waals surface area (Å²) in [7, 11) is 0. The van der Waals surface area contributed by atoms with E-state index in [-0.39, 0.29) is 10.8 Å². The third-order valence-corrected chi connectivity index (χ3v) is 6.02. The van der Waals surface area contributed by atoms with E-state index in [9.17, 15) is 4.55 Å². The highest BCUT2D eigenvalue weighted by Gasteiger charge is 2.41. The van der Waals surface area contributed by atoms with Crippen LogP contribution in [0, 0.1) is 3.57 Å². The van der Waals surface area contributed by atoms with Crippen molar-refractivity contribution in [3.8, 4) is 0 Å². The first kappa shape index (κ1) is 13.6. The molecule has 0 fully saturated rings. The van der Waals surface area contributed by atoms with Gasteiger partial charge in [-0.1, -0.05) is 12.1 Å².